The highest BCUT2D eigenvalue weighted by atomic mass is 32.2. The van der Waals surface area contributed by atoms with Gasteiger partial charge >= 0.3 is 0 Å². The van der Waals surface area contributed by atoms with E-state index in [1.54, 1.807) is 6.07 Å². The summed E-state index contributed by atoms with van der Waals surface area (Å²) < 4.78 is 22.4. The third-order valence-corrected chi connectivity index (χ3v) is 6.06. The van der Waals surface area contributed by atoms with Crippen molar-refractivity contribution in [3.05, 3.63) is 45.6 Å². The molecule has 0 atom stereocenters. The summed E-state index contributed by atoms with van der Waals surface area (Å²) in [6.45, 7) is 1.90. The predicted octanol–water partition coefficient (Wildman–Crippen LogP) is 1.67. The second-order valence-corrected chi connectivity index (χ2v) is 9.11. The van der Waals surface area contributed by atoms with Gasteiger partial charge in [0.15, 0.2) is 5.16 Å². The van der Waals surface area contributed by atoms with Crippen LogP contribution < -0.4 is 16.0 Å². The average Bonchev–Trinajstić information content (AvgIpc) is 2.93. The molecule has 26 heavy (non-hydrogen) atoms. The van der Waals surface area contributed by atoms with Crippen molar-refractivity contribution in [3.63, 3.8) is 0 Å². The largest absolute Gasteiger partial charge is 0.325 e. The molecule has 0 spiro atoms. The van der Waals surface area contributed by atoms with Crippen LogP contribution in [0.15, 0.2) is 45.2 Å². The van der Waals surface area contributed by atoms with Gasteiger partial charge in [0, 0.05) is 10.6 Å². The molecule has 1 amide bonds. The van der Waals surface area contributed by atoms with Crippen LogP contribution in [-0.2, 0) is 14.8 Å². The van der Waals surface area contributed by atoms with Gasteiger partial charge in [0.25, 0.3) is 5.56 Å². The van der Waals surface area contributed by atoms with Crippen molar-refractivity contribution >= 4 is 54.9 Å². The maximum absolute atomic E-state index is 12.0. The van der Waals surface area contributed by atoms with E-state index in [-0.39, 0.29) is 22.1 Å². The quantitative estimate of drug-likeness (QED) is 0.432. The number of thiophene rings is 1. The topological polar surface area (TPSA) is 135 Å². The van der Waals surface area contributed by atoms with Gasteiger partial charge in [0.2, 0.25) is 15.9 Å². The molecule has 2 heterocycles. The van der Waals surface area contributed by atoms with E-state index in [1.807, 2.05) is 6.92 Å². The molecule has 136 valence electrons. The zero-order chi connectivity index (χ0) is 18.9. The standard InChI is InChI=1S/C15H14N4O4S3/c1-8-6-11-13(21)18-15(19-14(11)25-8)24-7-12(20)17-9-2-4-10(5-3-9)26(16,22)23/h2-6H,7H2,1H3,(H,17,20)(H2,16,22,23)(H,18,19,21). The SMILES string of the molecule is Cc1cc2c(=O)[nH]c(SCC(=O)Nc3ccc(S(N)(=O)=O)cc3)nc2s1. The molecule has 0 radical (unpaired) electrons. The molecule has 0 aliphatic carbocycles. The number of aromatic amines is 1. The fraction of sp³-hybridized carbons (Fsp3) is 0.133. The van der Waals surface area contributed by atoms with Crippen LogP contribution in [0.3, 0.4) is 0 Å². The number of rotatable bonds is 5. The average molecular weight is 411 g/mol. The number of thioether (sulfide) groups is 1. The second kappa shape index (κ2) is 7.19. The van der Waals surface area contributed by atoms with Gasteiger partial charge in [-0.2, -0.15) is 0 Å². The number of fused-ring (bicyclic) bond motifs is 1. The summed E-state index contributed by atoms with van der Waals surface area (Å²) in [6.07, 6.45) is 0. The molecule has 0 saturated carbocycles. The molecular formula is C15H14N4O4S3. The number of benzene rings is 1. The van der Waals surface area contributed by atoms with Gasteiger partial charge in [-0.15, -0.1) is 11.3 Å². The van der Waals surface area contributed by atoms with Gasteiger partial charge in [0.1, 0.15) is 4.83 Å². The maximum Gasteiger partial charge on any atom is 0.260 e. The first-order valence-electron chi connectivity index (χ1n) is 7.28. The van der Waals surface area contributed by atoms with Crippen LogP contribution in [-0.4, -0.2) is 30.0 Å². The first-order chi connectivity index (χ1) is 12.2. The highest BCUT2D eigenvalue weighted by Gasteiger charge is 2.11. The summed E-state index contributed by atoms with van der Waals surface area (Å²) >= 11 is 2.52. The number of H-pyrrole nitrogens is 1. The number of amides is 1. The van der Waals surface area contributed by atoms with Crippen LogP contribution in [0.2, 0.25) is 0 Å². The van der Waals surface area contributed by atoms with Crippen LogP contribution in [0, 0.1) is 6.92 Å². The number of hydrogen-bond donors (Lipinski definition) is 3. The van der Waals surface area contributed by atoms with E-state index in [0.717, 1.165) is 16.6 Å². The number of anilines is 1. The third kappa shape index (κ3) is 4.30. The number of carbonyl (C=O) groups excluding carboxylic acids is 1. The molecule has 0 aliphatic heterocycles. The summed E-state index contributed by atoms with van der Waals surface area (Å²) in [7, 11) is -3.77. The van der Waals surface area contributed by atoms with Crippen molar-refractivity contribution in [2.75, 3.05) is 11.1 Å². The van der Waals surface area contributed by atoms with Gasteiger partial charge in [-0.25, -0.2) is 18.5 Å². The van der Waals surface area contributed by atoms with Gasteiger partial charge in [0.05, 0.1) is 16.0 Å². The Morgan fingerprint density at radius 1 is 1.35 bits per heavy atom. The number of aromatic nitrogens is 2. The molecule has 0 unspecified atom stereocenters. The first kappa shape index (κ1) is 18.6. The number of hydrogen-bond acceptors (Lipinski definition) is 7. The van der Waals surface area contributed by atoms with Gasteiger partial charge in [-0.05, 0) is 37.3 Å². The molecule has 3 rings (SSSR count). The molecule has 0 fully saturated rings. The zero-order valence-electron chi connectivity index (χ0n) is 13.5. The molecule has 11 heteroatoms. The number of nitrogens with two attached hydrogens (primary N) is 1. The van der Waals surface area contributed by atoms with Crippen LogP contribution in [0.4, 0.5) is 5.69 Å². The summed E-state index contributed by atoms with van der Waals surface area (Å²) in [5.41, 5.74) is 0.203. The lowest BCUT2D eigenvalue weighted by atomic mass is 10.3. The Morgan fingerprint density at radius 2 is 2.04 bits per heavy atom. The van der Waals surface area contributed by atoms with E-state index in [1.165, 1.54) is 35.6 Å². The Hall–Kier alpha value is -2.21. The summed E-state index contributed by atoms with van der Waals surface area (Å²) in [6, 6.07) is 7.29. The molecule has 1 aromatic carbocycles. The molecule has 0 saturated heterocycles. The number of sulfonamides is 1. The Balaban J connectivity index is 1.65. The highest BCUT2D eigenvalue weighted by Crippen LogP contribution is 2.22. The van der Waals surface area contributed by atoms with Gasteiger partial charge in [-0.1, -0.05) is 11.8 Å². The number of nitrogens with zero attached hydrogens (tertiary/aromatic N) is 1. The van der Waals surface area contributed by atoms with Crippen molar-refractivity contribution < 1.29 is 13.2 Å². The highest BCUT2D eigenvalue weighted by molar-refractivity contribution is 7.99. The normalized spacial score (nSPS) is 11.6. The lowest BCUT2D eigenvalue weighted by Gasteiger charge is -2.06. The molecule has 4 N–H and O–H groups in total. The van der Waals surface area contributed by atoms with Crippen molar-refractivity contribution in [1.29, 1.82) is 0 Å². The van der Waals surface area contributed by atoms with Gasteiger partial charge < -0.3 is 10.3 Å². The van der Waals surface area contributed by atoms with E-state index in [9.17, 15) is 18.0 Å². The zero-order valence-corrected chi connectivity index (χ0v) is 15.9. The summed E-state index contributed by atoms with van der Waals surface area (Å²) in [5.74, 6) is -0.279. The minimum Gasteiger partial charge on any atom is -0.325 e. The second-order valence-electron chi connectivity index (χ2n) is 5.35. The monoisotopic (exact) mass is 410 g/mol. The third-order valence-electron chi connectivity index (χ3n) is 3.31. The van der Waals surface area contributed by atoms with Crippen molar-refractivity contribution in [2.24, 2.45) is 5.14 Å². The molecule has 3 aromatic rings. The Kier molecular flexibility index (Phi) is 5.14. The maximum atomic E-state index is 12.0. The smallest absolute Gasteiger partial charge is 0.260 e. The number of nitrogens with one attached hydrogen (secondary N) is 2. The molecular weight excluding hydrogens is 396 g/mol. The lowest BCUT2D eigenvalue weighted by Crippen LogP contribution is -2.16. The van der Waals surface area contributed by atoms with Crippen molar-refractivity contribution in [1.82, 2.24) is 9.97 Å². The van der Waals surface area contributed by atoms with Gasteiger partial charge in [-0.3, -0.25) is 9.59 Å². The minimum atomic E-state index is -3.77. The Morgan fingerprint density at radius 3 is 2.69 bits per heavy atom. The minimum absolute atomic E-state index is 0.0359. The summed E-state index contributed by atoms with van der Waals surface area (Å²) in [4.78, 5) is 32.6. The number of carbonyl (C=O) groups is 1. The van der Waals surface area contributed by atoms with Crippen LogP contribution in [0.5, 0.6) is 0 Å². The number of aryl methyl sites for hydroxylation is 1. The predicted molar refractivity (Wildman–Crippen MR) is 102 cm³/mol. The van der Waals surface area contributed by atoms with Crippen molar-refractivity contribution in [2.45, 2.75) is 17.0 Å². The first-order valence-corrected chi connectivity index (χ1v) is 10.6. The van der Waals surface area contributed by atoms with E-state index < -0.39 is 10.0 Å². The van der Waals surface area contributed by atoms with E-state index >= 15 is 0 Å². The van der Waals surface area contributed by atoms with Crippen LogP contribution in [0.25, 0.3) is 10.2 Å². The Labute approximate surface area is 156 Å². The van der Waals surface area contributed by atoms with Crippen LogP contribution >= 0.6 is 23.1 Å². The number of primary sulfonamides is 1. The van der Waals surface area contributed by atoms with Crippen molar-refractivity contribution in [3.8, 4) is 0 Å². The Bertz CT molecular complexity index is 1130. The fourth-order valence-electron chi connectivity index (χ4n) is 2.16. The van der Waals surface area contributed by atoms with E-state index in [2.05, 4.69) is 15.3 Å². The molecule has 8 nitrogen and oxygen atoms in total. The van der Waals surface area contributed by atoms with E-state index in [0.29, 0.717) is 21.1 Å². The molecule has 0 aliphatic rings. The van der Waals surface area contributed by atoms with Crippen LogP contribution in [0.1, 0.15) is 4.88 Å². The molecule has 2 aromatic heterocycles. The van der Waals surface area contributed by atoms with E-state index in [4.69, 9.17) is 5.14 Å². The lowest BCUT2D eigenvalue weighted by molar-refractivity contribution is -0.113. The summed E-state index contributed by atoms with van der Waals surface area (Å²) in [5, 5.41) is 8.56. The fourth-order valence-corrected chi connectivity index (χ4v) is 4.27. The molecule has 0 bridgehead atoms.